The molecule has 0 spiro atoms. The smallest absolute Gasteiger partial charge is 0.439 e. The van der Waals surface area contributed by atoms with Gasteiger partial charge in [-0.05, 0) is 0 Å². The lowest BCUT2D eigenvalue weighted by Gasteiger charge is -1.88. The summed E-state index contributed by atoms with van der Waals surface area (Å²) in [5.41, 5.74) is -0.104. The maximum Gasteiger partial charge on any atom is 0.439 e. The van der Waals surface area contributed by atoms with Crippen LogP contribution in [-0.2, 0) is 9.84 Å². The number of carbonyl (C=O) groups is 1. The Labute approximate surface area is 56.2 Å². The van der Waals surface area contributed by atoms with Gasteiger partial charge >= 0.3 is 12.0 Å². The summed E-state index contributed by atoms with van der Waals surface area (Å²) in [5, 5.41) is 10.2. The lowest BCUT2D eigenvalue weighted by molar-refractivity contribution is 0.0593. The minimum Gasteiger partial charge on any atom is -0.464 e. The molecule has 0 aliphatic heterocycles. The van der Waals surface area contributed by atoms with E-state index in [2.05, 4.69) is 14.1 Å². The number of esters is 1. The summed E-state index contributed by atoms with van der Waals surface area (Å²) in [4.78, 5) is 13.7. The van der Waals surface area contributed by atoms with E-state index in [4.69, 9.17) is 0 Å². The van der Waals surface area contributed by atoms with Crippen LogP contribution in [0.5, 0.6) is 6.08 Å². The SMILES string of the molecule is COC(=O)c1coc([O])n1. The number of ether oxygens (including phenoxy) is 1. The summed E-state index contributed by atoms with van der Waals surface area (Å²) in [7, 11) is 1.20. The molecule has 0 N–H and O–H groups in total. The third-order valence-electron chi connectivity index (χ3n) is 0.878. The summed E-state index contributed by atoms with van der Waals surface area (Å²) < 4.78 is 8.47. The van der Waals surface area contributed by atoms with Gasteiger partial charge in [0.1, 0.15) is 6.26 Å². The van der Waals surface area contributed by atoms with Crippen LogP contribution >= 0.6 is 0 Å². The Morgan fingerprint density at radius 3 is 2.90 bits per heavy atom. The van der Waals surface area contributed by atoms with Crippen LogP contribution in [0.25, 0.3) is 0 Å². The van der Waals surface area contributed by atoms with E-state index in [0.717, 1.165) is 6.26 Å². The van der Waals surface area contributed by atoms with Crippen molar-refractivity contribution in [2.45, 2.75) is 0 Å². The van der Waals surface area contributed by atoms with E-state index in [1.165, 1.54) is 7.11 Å². The summed E-state index contributed by atoms with van der Waals surface area (Å²) in [6.07, 6.45) is 0.161. The Balaban J connectivity index is 2.85. The predicted octanol–water partition coefficient (Wildman–Crippen LogP) is 0.605. The average molecular weight is 142 g/mol. The molecule has 1 aromatic heterocycles. The second kappa shape index (κ2) is 2.38. The predicted molar refractivity (Wildman–Crippen MR) is 28.0 cm³/mol. The zero-order valence-corrected chi connectivity index (χ0v) is 5.16. The number of methoxy groups -OCH3 is 1. The van der Waals surface area contributed by atoms with Crippen molar-refractivity contribution in [1.82, 2.24) is 4.98 Å². The molecule has 1 aromatic rings. The van der Waals surface area contributed by atoms with Gasteiger partial charge in [-0.3, -0.25) is 0 Å². The molecule has 0 unspecified atom stereocenters. The van der Waals surface area contributed by atoms with Crippen molar-refractivity contribution >= 4 is 5.97 Å². The van der Waals surface area contributed by atoms with Gasteiger partial charge < -0.3 is 9.15 Å². The van der Waals surface area contributed by atoms with Crippen molar-refractivity contribution in [3.05, 3.63) is 12.0 Å². The molecule has 0 aliphatic carbocycles. The Morgan fingerprint density at radius 2 is 2.50 bits per heavy atom. The van der Waals surface area contributed by atoms with Gasteiger partial charge in [-0.25, -0.2) is 9.90 Å². The van der Waals surface area contributed by atoms with Crippen molar-refractivity contribution in [2.75, 3.05) is 7.11 Å². The lowest BCUT2D eigenvalue weighted by Crippen LogP contribution is -2.00. The Bertz CT molecular complexity index is 242. The molecule has 1 heterocycles. The summed E-state index contributed by atoms with van der Waals surface area (Å²) in [6, 6.07) is 0. The van der Waals surface area contributed by atoms with Crippen molar-refractivity contribution in [3.8, 4) is 6.08 Å². The molecule has 0 atom stereocenters. The van der Waals surface area contributed by atoms with Crippen LogP contribution in [-0.4, -0.2) is 18.1 Å². The molecular weight excluding hydrogens is 138 g/mol. The number of hydrogen-bond acceptors (Lipinski definition) is 4. The molecule has 5 nitrogen and oxygen atoms in total. The number of carbonyl (C=O) groups excluding carboxylic acids is 1. The highest BCUT2D eigenvalue weighted by molar-refractivity contribution is 5.86. The summed E-state index contributed by atoms with van der Waals surface area (Å²) in [5.74, 6) is -0.675. The van der Waals surface area contributed by atoms with E-state index < -0.39 is 12.0 Å². The molecule has 0 aromatic carbocycles. The maximum atomic E-state index is 10.5. The molecule has 0 saturated heterocycles. The topological polar surface area (TPSA) is 72.2 Å². The third-order valence-corrected chi connectivity index (χ3v) is 0.878. The van der Waals surface area contributed by atoms with Gasteiger partial charge in [0.05, 0.1) is 7.11 Å². The van der Waals surface area contributed by atoms with E-state index >= 15 is 0 Å². The highest BCUT2D eigenvalue weighted by Crippen LogP contribution is 2.08. The molecule has 10 heavy (non-hydrogen) atoms. The molecule has 0 aliphatic rings. The fourth-order valence-electron chi connectivity index (χ4n) is 0.456. The van der Waals surface area contributed by atoms with Crippen LogP contribution in [0.3, 0.4) is 0 Å². The Morgan fingerprint density at radius 1 is 1.80 bits per heavy atom. The fourth-order valence-corrected chi connectivity index (χ4v) is 0.456. The van der Waals surface area contributed by atoms with Gasteiger partial charge in [-0.2, -0.15) is 4.98 Å². The minimum absolute atomic E-state index is 0.104. The highest BCUT2D eigenvalue weighted by atomic mass is 16.5. The standard InChI is InChI=1S/C5H4NO4/c1-9-4(7)3-2-10-5(8)6-3/h2H,1H3. The molecule has 0 saturated carbocycles. The highest BCUT2D eigenvalue weighted by Gasteiger charge is 2.11. The first-order valence-electron chi connectivity index (χ1n) is 2.45. The van der Waals surface area contributed by atoms with Crippen LogP contribution in [0.4, 0.5) is 0 Å². The van der Waals surface area contributed by atoms with Gasteiger partial charge in [0.25, 0.3) is 0 Å². The van der Waals surface area contributed by atoms with E-state index in [-0.39, 0.29) is 5.69 Å². The lowest BCUT2D eigenvalue weighted by atomic mass is 10.5. The minimum atomic E-state index is -0.791. The first-order valence-corrected chi connectivity index (χ1v) is 2.45. The number of rotatable bonds is 1. The van der Waals surface area contributed by atoms with Gasteiger partial charge in [0.2, 0.25) is 0 Å². The van der Waals surface area contributed by atoms with E-state index in [1.54, 1.807) is 0 Å². The van der Waals surface area contributed by atoms with Gasteiger partial charge in [-0.1, -0.05) is 0 Å². The number of oxazole rings is 1. The van der Waals surface area contributed by atoms with Crippen LogP contribution in [0.15, 0.2) is 10.7 Å². The van der Waals surface area contributed by atoms with Crippen molar-refractivity contribution < 1.29 is 19.1 Å². The van der Waals surface area contributed by atoms with Crippen molar-refractivity contribution in [2.24, 2.45) is 0 Å². The Hall–Kier alpha value is -1.52. The fraction of sp³-hybridized carbons (Fsp3) is 0.200. The van der Waals surface area contributed by atoms with Gasteiger partial charge in [-0.15, -0.1) is 0 Å². The molecular formula is C5H4NO4. The molecule has 0 amide bonds. The first kappa shape index (κ1) is 6.60. The molecule has 1 radical (unpaired) electrons. The van der Waals surface area contributed by atoms with Crippen molar-refractivity contribution in [3.63, 3.8) is 0 Å². The normalized spacial score (nSPS) is 9.30. The van der Waals surface area contributed by atoms with Crippen molar-refractivity contribution in [1.29, 1.82) is 0 Å². The number of nitrogens with zero attached hydrogens (tertiary/aromatic N) is 1. The molecule has 0 fully saturated rings. The zero-order valence-electron chi connectivity index (χ0n) is 5.16. The first-order chi connectivity index (χ1) is 4.74. The van der Waals surface area contributed by atoms with E-state index in [9.17, 15) is 9.90 Å². The van der Waals surface area contributed by atoms with E-state index in [0.29, 0.717) is 0 Å². The summed E-state index contributed by atoms with van der Waals surface area (Å²) in [6.45, 7) is 0. The monoisotopic (exact) mass is 142 g/mol. The van der Waals surface area contributed by atoms with Crippen LogP contribution in [0.2, 0.25) is 0 Å². The van der Waals surface area contributed by atoms with E-state index in [1.807, 2.05) is 0 Å². The number of aromatic nitrogens is 1. The van der Waals surface area contributed by atoms with Crippen LogP contribution in [0.1, 0.15) is 10.5 Å². The quantitative estimate of drug-likeness (QED) is 0.538. The number of hydrogen-bond donors (Lipinski definition) is 0. The second-order valence-electron chi connectivity index (χ2n) is 1.49. The third kappa shape index (κ3) is 1.07. The molecule has 5 heteroatoms. The maximum absolute atomic E-state index is 10.5. The largest absolute Gasteiger partial charge is 0.464 e. The van der Waals surface area contributed by atoms with Crippen LogP contribution < -0.4 is 0 Å². The zero-order chi connectivity index (χ0) is 7.56. The Kier molecular flexibility index (Phi) is 1.57. The molecule has 53 valence electrons. The average Bonchev–Trinajstić information content (AvgIpc) is 2.34. The van der Waals surface area contributed by atoms with Gasteiger partial charge in [0, 0.05) is 0 Å². The van der Waals surface area contributed by atoms with Gasteiger partial charge in [0.15, 0.2) is 5.69 Å². The molecule has 1 rings (SSSR count). The molecule has 0 bridgehead atoms. The summed E-state index contributed by atoms with van der Waals surface area (Å²) >= 11 is 0. The van der Waals surface area contributed by atoms with Crippen LogP contribution in [0, 0.1) is 0 Å². The second-order valence-corrected chi connectivity index (χ2v) is 1.49.